The summed E-state index contributed by atoms with van der Waals surface area (Å²) in [5, 5.41) is 2.88. The van der Waals surface area contributed by atoms with Gasteiger partial charge in [0.05, 0.1) is 28.0 Å². The molecule has 0 atom stereocenters. The fraction of sp³-hybridized carbons (Fsp3) is 0.350. The lowest BCUT2D eigenvalue weighted by Gasteiger charge is -2.12. The molecule has 3 aromatic rings. The molecular weight excluding hydrogens is 439 g/mol. The van der Waals surface area contributed by atoms with Crippen molar-refractivity contribution in [2.24, 2.45) is 0 Å². The van der Waals surface area contributed by atoms with Gasteiger partial charge in [0.15, 0.2) is 0 Å². The predicted molar refractivity (Wildman–Crippen MR) is 110 cm³/mol. The number of alkyl halides is 3. The molecule has 0 spiro atoms. The van der Waals surface area contributed by atoms with Gasteiger partial charge in [-0.3, -0.25) is 14.2 Å². The van der Waals surface area contributed by atoms with Gasteiger partial charge in [0.2, 0.25) is 5.91 Å². The van der Waals surface area contributed by atoms with Crippen LogP contribution < -0.4 is 10.9 Å². The first kappa shape index (κ1) is 20.9. The van der Waals surface area contributed by atoms with E-state index in [9.17, 15) is 22.8 Å². The molecular formula is C20H17ClF3N3O2S. The quantitative estimate of drug-likeness (QED) is 0.563. The number of carbonyl (C=O) groups is 1. The van der Waals surface area contributed by atoms with Crippen molar-refractivity contribution in [3.63, 3.8) is 0 Å². The fourth-order valence-corrected chi connectivity index (χ4v) is 5.00. The lowest BCUT2D eigenvalue weighted by atomic mass is 10.1. The molecule has 1 N–H and O–H groups in total. The molecule has 5 nitrogen and oxygen atoms in total. The number of hydrogen-bond donors (Lipinski definition) is 1. The Morgan fingerprint density at radius 2 is 2.00 bits per heavy atom. The molecule has 158 valence electrons. The first-order chi connectivity index (χ1) is 14.2. The molecule has 0 aliphatic heterocycles. The third kappa shape index (κ3) is 4.09. The summed E-state index contributed by atoms with van der Waals surface area (Å²) in [4.78, 5) is 31.6. The lowest BCUT2D eigenvalue weighted by molar-refractivity contribution is -0.137. The molecule has 0 saturated heterocycles. The molecule has 10 heteroatoms. The molecule has 1 aliphatic carbocycles. The van der Waals surface area contributed by atoms with Gasteiger partial charge in [-0.15, -0.1) is 11.3 Å². The van der Waals surface area contributed by atoms with E-state index in [1.54, 1.807) is 0 Å². The van der Waals surface area contributed by atoms with E-state index in [-0.39, 0.29) is 22.8 Å². The number of fused-ring (bicyclic) bond motifs is 3. The number of hydrogen-bond acceptors (Lipinski definition) is 4. The Hall–Kier alpha value is -2.39. The number of thiophene rings is 1. The number of aromatic nitrogens is 2. The molecule has 0 saturated carbocycles. The highest BCUT2D eigenvalue weighted by Crippen LogP contribution is 2.34. The molecule has 1 amide bonds. The van der Waals surface area contributed by atoms with E-state index < -0.39 is 17.6 Å². The number of carbonyl (C=O) groups excluding carboxylic acids is 1. The molecule has 0 bridgehead atoms. The molecule has 30 heavy (non-hydrogen) atoms. The zero-order valence-corrected chi connectivity index (χ0v) is 17.3. The summed E-state index contributed by atoms with van der Waals surface area (Å²) in [5.74, 6) is -0.666. The highest BCUT2D eigenvalue weighted by Gasteiger charge is 2.31. The molecule has 0 radical (unpaired) electrons. The van der Waals surface area contributed by atoms with Crippen LogP contribution in [0.5, 0.6) is 0 Å². The molecule has 2 heterocycles. The fourth-order valence-electron chi connectivity index (χ4n) is 3.61. The smallest absolute Gasteiger partial charge is 0.323 e. The van der Waals surface area contributed by atoms with Gasteiger partial charge in [0.25, 0.3) is 5.56 Å². The first-order valence-electron chi connectivity index (χ1n) is 9.40. The second-order valence-electron chi connectivity index (χ2n) is 7.16. The van der Waals surface area contributed by atoms with Crippen molar-refractivity contribution in [1.29, 1.82) is 0 Å². The van der Waals surface area contributed by atoms with Gasteiger partial charge < -0.3 is 5.32 Å². The van der Waals surface area contributed by atoms with E-state index in [0.29, 0.717) is 10.2 Å². The summed E-state index contributed by atoms with van der Waals surface area (Å²) in [6.45, 7) is -0.376. The monoisotopic (exact) mass is 455 g/mol. The van der Waals surface area contributed by atoms with E-state index in [1.807, 2.05) is 0 Å². The number of aryl methyl sites for hydroxylation is 2. The Labute approximate surface area is 178 Å². The standard InChI is InChI=1S/C20H17ClF3N3O2S/c21-13-7-6-11(20(22,23)24)8-14(13)26-16(28)9-27-10-25-18-17(19(27)29)12-4-2-1-3-5-15(12)30-18/h6-8,10H,1-5,9H2,(H,26,28). The van der Waals surface area contributed by atoms with Crippen molar-refractivity contribution in [3.8, 4) is 0 Å². The highest BCUT2D eigenvalue weighted by molar-refractivity contribution is 7.18. The molecule has 0 unspecified atom stereocenters. The van der Waals surface area contributed by atoms with Gasteiger partial charge >= 0.3 is 6.18 Å². The molecule has 0 fully saturated rings. The van der Waals surface area contributed by atoms with Crippen LogP contribution in [0.1, 0.15) is 35.3 Å². The van der Waals surface area contributed by atoms with Crippen LogP contribution in [0.3, 0.4) is 0 Å². The van der Waals surface area contributed by atoms with E-state index in [1.165, 1.54) is 27.1 Å². The number of nitrogens with zero attached hydrogens (tertiary/aromatic N) is 2. The first-order valence-corrected chi connectivity index (χ1v) is 10.6. The second-order valence-corrected chi connectivity index (χ2v) is 8.65. The van der Waals surface area contributed by atoms with E-state index >= 15 is 0 Å². The number of anilines is 1. The zero-order valence-electron chi connectivity index (χ0n) is 15.7. The minimum Gasteiger partial charge on any atom is -0.323 e. The highest BCUT2D eigenvalue weighted by atomic mass is 35.5. The SMILES string of the molecule is O=C(Cn1cnc2sc3c(c2c1=O)CCCCC3)Nc1cc(C(F)(F)F)ccc1Cl. The Balaban J connectivity index is 1.60. The third-order valence-corrected chi connectivity index (χ3v) is 6.60. The Bertz CT molecular complexity index is 1190. The summed E-state index contributed by atoms with van der Waals surface area (Å²) in [5.41, 5.74) is -0.392. The van der Waals surface area contributed by atoms with Crippen LogP contribution in [0.25, 0.3) is 10.2 Å². The average molecular weight is 456 g/mol. The van der Waals surface area contributed by atoms with Crippen molar-refractivity contribution in [2.45, 2.75) is 44.8 Å². The number of rotatable bonds is 3. The Morgan fingerprint density at radius 3 is 2.77 bits per heavy atom. The van der Waals surface area contributed by atoms with Crippen LogP contribution in [0, 0.1) is 0 Å². The predicted octanol–water partition coefficient (Wildman–Crippen LogP) is 5.04. The van der Waals surface area contributed by atoms with Gasteiger partial charge in [-0.1, -0.05) is 18.0 Å². The van der Waals surface area contributed by atoms with Crippen LogP contribution in [0.15, 0.2) is 29.3 Å². The van der Waals surface area contributed by atoms with Crippen molar-refractivity contribution >= 4 is 44.7 Å². The normalized spacial score (nSPS) is 14.4. The van der Waals surface area contributed by atoms with Crippen LogP contribution >= 0.6 is 22.9 Å². The van der Waals surface area contributed by atoms with Gasteiger partial charge in [-0.05, 0) is 49.4 Å². The van der Waals surface area contributed by atoms with E-state index in [0.717, 1.165) is 55.9 Å². The maximum absolute atomic E-state index is 13.0. The van der Waals surface area contributed by atoms with Gasteiger partial charge in [-0.2, -0.15) is 13.2 Å². The molecule has 1 aliphatic rings. The van der Waals surface area contributed by atoms with Crippen molar-refractivity contribution in [2.75, 3.05) is 5.32 Å². The maximum atomic E-state index is 13.0. The third-order valence-electron chi connectivity index (χ3n) is 5.07. The van der Waals surface area contributed by atoms with Crippen molar-refractivity contribution < 1.29 is 18.0 Å². The topological polar surface area (TPSA) is 64.0 Å². The van der Waals surface area contributed by atoms with Crippen LogP contribution in [0.4, 0.5) is 18.9 Å². The molecule has 4 rings (SSSR count). The van der Waals surface area contributed by atoms with E-state index in [2.05, 4.69) is 10.3 Å². The average Bonchev–Trinajstić information content (AvgIpc) is 2.87. The van der Waals surface area contributed by atoms with Crippen molar-refractivity contribution in [3.05, 3.63) is 55.9 Å². The van der Waals surface area contributed by atoms with Crippen molar-refractivity contribution in [1.82, 2.24) is 9.55 Å². The Morgan fingerprint density at radius 1 is 1.23 bits per heavy atom. The Kier molecular flexibility index (Phi) is 5.59. The molecule has 1 aromatic carbocycles. The molecule has 2 aromatic heterocycles. The summed E-state index contributed by atoms with van der Waals surface area (Å²) in [7, 11) is 0. The number of amides is 1. The summed E-state index contributed by atoms with van der Waals surface area (Å²) in [6, 6.07) is 2.67. The van der Waals surface area contributed by atoms with Crippen LogP contribution in [0.2, 0.25) is 5.02 Å². The number of benzene rings is 1. The van der Waals surface area contributed by atoms with Gasteiger partial charge in [-0.25, -0.2) is 4.98 Å². The summed E-state index contributed by atoms with van der Waals surface area (Å²) < 4.78 is 39.9. The summed E-state index contributed by atoms with van der Waals surface area (Å²) in [6.07, 6.45) is 1.65. The van der Waals surface area contributed by atoms with Gasteiger partial charge in [0.1, 0.15) is 11.4 Å². The second kappa shape index (κ2) is 8.03. The lowest BCUT2D eigenvalue weighted by Crippen LogP contribution is -2.28. The van der Waals surface area contributed by atoms with Crippen LogP contribution in [-0.2, 0) is 30.4 Å². The minimum atomic E-state index is -4.56. The van der Waals surface area contributed by atoms with E-state index in [4.69, 9.17) is 11.6 Å². The number of halogens is 4. The number of nitrogens with one attached hydrogen (secondary N) is 1. The maximum Gasteiger partial charge on any atom is 0.416 e. The zero-order chi connectivity index (χ0) is 21.5. The summed E-state index contributed by atoms with van der Waals surface area (Å²) >= 11 is 7.44. The van der Waals surface area contributed by atoms with Gasteiger partial charge in [0, 0.05) is 4.88 Å². The van der Waals surface area contributed by atoms with Crippen LogP contribution in [-0.4, -0.2) is 15.5 Å². The minimum absolute atomic E-state index is 0.0274. The largest absolute Gasteiger partial charge is 0.416 e.